The normalized spacial score (nSPS) is 12.4. The lowest BCUT2D eigenvalue weighted by Crippen LogP contribution is -2.56. The third-order valence-corrected chi connectivity index (χ3v) is 5.74. The van der Waals surface area contributed by atoms with Crippen molar-refractivity contribution >= 4 is 16.8 Å². The lowest BCUT2D eigenvalue weighted by Gasteiger charge is -2.42. The Labute approximate surface area is 199 Å². The third-order valence-electron chi connectivity index (χ3n) is 5.74. The maximum atomic E-state index is 13.1. The van der Waals surface area contributed by atoms with Gasteiger partial charge >= 0.3 is 0 Å². The highest BCUT2D eigenvalue weighted by atomic mass is 16.5. The van der Waals surface area contributed by atoms with E-state index in [1.807, 2.05) is 13.8 Å². The van der Waals surface area contributed by atoms with Gasteiger partial charge in [0.05, 0.1) is 12.0 Å². The molecular formula is C27H33NO6. The summed E-state index contributed by atoms with van der Waals surface area (Å²) in [7, 11) is 0. The van der Waals surface area contributed by atoms with Gasteiger partial charge in [-0.15, -0.1) is 0 Å². The Morgan fingerprint density at radius 3 is 2.21 bits per heavy atom. The van der Waals surface area contributed by atoms with Gasteiger partial charge in [-0.05, 0) is 83.4 Å². The highest BCUT2D eigenvalue weighted by Crippen LogP contribution is 2.27. The van der Waals surface area contributed by atoms with Crippen LogP contribution in [0.1, 0.15) is 61.2 Å². The van der Waals surface area contributed by atoms with Crippen LogP contribution in [0.25, 0.3) is 11.0 Å². The second-order valence-corrected chi connectivity index (χ2v) is 9.59. The van der Waals surface area contributed by atoms with Crippen LogP contribution in [0.5, 0.6) is 5.75 Å². The van der Waals surface area contributed by atoms with Crippen LogP contribution < -0.4 is 10.2 Å². The van der Waals surface area contributed by atoms with Gasteiger partial charge in [0.15, 0.2) is 5.78 Å². The van der Waals surface area contributed by atoms with Crippen molar-refractivity contribution in [3.05, 3.63) is 75.1 Å². The number of fused-ring (bicyclic) bond motifs is 1. The number of para-hydroxylation sites is 1. The number of nitrogens with zero attached hydrogens (tertiary/aromatic N) is 1. The summed E-state index contributed by atoms with van der Waals surface area (Å²) in [5.41, 5.74) is -0.350. The lowest BCUT2D eigenvalue weighted by molar-refractivity contribution is -0.200. The van der Waals surface area contributed by atoms with Crippen molar-refractivity contribution < 1.29 is 24.2 Å². The molecule has 1 aromatic heterocycles. The van der Waals surface area contributed by atoms with E-state index in [4.69, 9.17) is 9.15 Å². The molecule has 7 heteroatoms. The number of aryl methyl sites for hydroxylation is 2. The van der Waals surface area contributed by atoms with E-state index in [0.717, 1.165) is 11.1 Å². The Balaban J connectivity index is 1.75. The van der Waals surface area contributed by atoms with E-state index in [0.29, 0.717) is 41.9 Å². The molecule has 3 aromatic rings. The third kappa shape index (κ3) is 5.55. The Morgan fingerprint density at radius 2 is 1.62 bits per heavy atom. The summed E-state index contributed by atoms with van der Waals surface area (Å²) in [6.07, 6.45) is 1.80. The maximum absolute atomic E-state index is 13.1. The van der Waals surface area contributed by atoms with Crippen molar-refractivity contribution in [1.82, 2.24) is 4.90 Å². The molecule has 0 saturated carbocycles. The van der Waals surface area contributed by atoms with E-state index < -0.39 is 17.2 Å². The number of hydrogen-bond acceptors (Lipinski definition) is 7. The maximum Gasteiger partial charge on any atom is 0.203 e. The van der Waals surface area contributed by atoms with E-state index in [1.54, 1.807) is 69.0 Å². The number of carbonyl (C=O) groups excluding carboxylic acids is 1. The van der Waals surface area contributed by atoms with Crippen molar-refractivity contribution in [3.63, 3.8) is 0 Å². The molecule has 0 unspecified atom stereocenters. The van der Waals surface area contributed by atoms with Crippen LogP contribution in [0.15, 0.2) is 51.9 Å². The molecule has 0 saturated heterocycles. The summed E-state index contributed by atoms with van der Waals surface area (Å²) in [4.78, 5) is 27.5. The topological polar surface area (TPSA) is 100 Å². The van der Waals surface area contributed by atoms with Crippen LogP contribution in [-0.4, -0.2) is 45.5 Å². The van der Waals surface area contributed by atoms with Gasteiger partial charge in [-0.2, -0.15) is 0 Å². The van der Waals surface area contributed by atoms with Crippen molar-refractivity contribution in [2.75, 3.05) is 13.2 Å². The Hall–Kier alpha value is -3.00. The van der Waals surface area contributed by atoms with Crippen LogP contribution >= 0.6 is 0 Å². The van der Waals surface area contributed by atoms with E-state index in [2.05, 4.69) is 0 Å². The quantitative estimate of drug-likeness (QED) is 0.277. The van der Waals surface area contributed by atoms with Gasteiger partial charge in [0, 0.05) is 12.1 Å². The fourth-order valence-electron chi connectivity index (χ4n) is 4.31. The van der Waals surface area contributed by atoms with Crippen molar-refractivity contribution in [3.8, 4) is 5.75 Å². The SMILES string of the molecule is Cc1cc(C(=O)c2coc3ccccc3c2=O)cc(C)c1OCCCN(C(C)(C)O)C(C)(C)O. The van der Waals surface area contributed by atoms with Gasteiger partial charge in [-0.3, -0.25) is 9.59 Å². The number of carbonyl (C=O) groups is 1. The highest BCUT2D eigenvalue weighted by molar-refractivity contribution is 6.10. The zero-order chi connectivity index (χ0) is 25.3. The molecule has 0 bridgehead atoms. The molecule has 0 spiro atoms. The summed E-state index contributed by atoms with van der Waals surface area (Å²) >= 11 is 0. The van der Waals surface area contributed by atoms with Gasteiger partial charge in [0.2, 0.25) is 5.43 Å². The molecule has 3 rings (SSSR count). The number of rotatable bonds is 9. The molecule has 0 atom stereocenters. The fourth-order valence-corrected chi connectivity index (χ4v) is 4.31. The molecule has 0 aliphatic carbocycles. The van der Waals surface area contributed by atoms with Gasteiger partial charge < -0.3 is 19.4 Å². The number of aliphatic hydroxyl groups is 2. The summed E-state index contributed by atoms with van der Waals surface area (Å²) in [6, 6.07) is 10.2. The zero-order valence-corrected chi connectivity index (χ0v) is 20.6. The number of ketones is 1. The number of ether oxygens (including phenoxy) is 1. The summed E-state index contributed by atoms with van der Waals surface area (Å²) < 4.78 is 11.5. The Kier molecular flexibility index (Phi) is 7.31. The lowest BCUT2D eigenvalue weighted by atomic mass is 9.98. The molecule has 7 nitrogen and oxygen atoms in total. The summed E-state index contributed by atoms with van der Waals surface area (Å²) in [6.45, 7) is 11.0. The highest BCUT2D eigenvalue weighted by Gasteiger charge is 2.34. The van der Waals surface area contributed by atoms with Crippen molar-refractivity contribution in [2.24, 2.45) is 0 Å². The smallest absolute Gasteiger partial charge is 0.203 e. The molecule has 0 radical (unpaired) electrons. The van der Waals surface area contributed by atoms with Crippen LogP contribution in [0.4, 0.5) is 0 Å². The zero-order valence-electron chi connectivity index (χ0n) is 20.6. The molecule has 0 fully saturated rings. The first kappa shape index (κ1) is 25.6. The Bertz CT molecular complexity index is 1210. The predicted molar refractivity (Wildman–Crippen MR) is 131 cm³/mol. The standard InChI is InChI=1S/C27H33NO6/c1-17-14-19(23(29)21-16-34-22-11-8-7-10-20(22)24(21)30)15-18(2)25(17)33-13-9-12-28(26(3,4)31)27(5,6)32/h7-8,10-11,14-16,31-32H,9,12-13H2,1-6H3. The fraction of sp³-hybridized carbons (Fsp3) is 0.407. The van der Waals surface area contributed by atoms with Gasteiger partial charge in [0.1, 0.15) is 34.6 Å². The summed E-state index contributed by atoms with van der Waals surface area (Å²) in [5.74, 6) is 0.267. The first-order valence-corrected chi connectivity index (χ1v) is 11.3. The van der Waals surface area contributed by atoms with Crippen molar-refractivity contribution in [2.45, 2.75) is 59.4 Å². The molecule has 34 heavy (non-hydrogen) atoms. The second-order valence-electron chi connectivity index (χ2n) is 9.59. The molecular weight excluding hydrogens is 434 g/mol. The second kappa shape index (κ2) is 9.70. The molecule has 182 valence electrons. The number of hydrogen-bond donors (Lipinski definition) is 2. The number of benzene rings is 2. The van der Waals surface area contributed by atoms with Crippen LogP contribution in [-0.2, 0) is 0 Å². The largest absolute Gasteiger partial charge is 0.493 e. The van der Waals surface area contributed by atoms with E-state index in [1.165, 1.54) is 6.26 Å². The van der Waals surface area contributed by atoms with Gasteiger partial charge in [-0.25, -0.2) is 4.90 Å². The molecule has 0 amide bonds. The average Bonchev–Trinajstić information content (AvgIpc) is 2.73. The van der Waals surface area contributed by atoms with E-state index in [9.17, 15) is 19.8 Å². The minimum Gasteiger partial charge on any atom is -0.493 e. The van der Waals surface area contributed by atoms with E-state index in [-0.39, 0.29) is 11.0 Å². The van der Waals surface area contributed by atoms with Gasteiger partial charge in [0.25, 0.3) is 0 Å². The van der Waals surface area contributed by atoms with Gasteiger partial charge in [-0.1, -0.05) is 12.1 Å². The van der Waals surface area contributed by atoms with Crippen molar-refractivity contribution in [1.29, 1.82) is 0 Å². The monoisotopic (exact) mass is 467 g/mol. The minimum atomic E-state index is -1.18. The molecule has 0 aliphatic rings. The molecule has 2 N–H and O–H groups in total. The molecule has 1 heterocycles. The average molecular weight is 468 g/mol. The van der Waals surface area contributed by atoms with Crippen LogP contribution in [0.3, 0.4) is 0 Å². The first-order valence-electron chi connectivity index (χ1n) is 11.3. The molecule has 2 aromatic carbocycles. The Morgan fingerprint density at radius 1 is 1.03 bits per heavy atom. The minimum absolute atomic E-state index is 0.00973. The van der Waals surface area contributed by atoms with E-state index >= 15 is 0 Å². The first-order chi connectivity index (χ1) is 15.8. The van der Waals surface area contributed by atoms with Crippen LogP contribution in [0, 0.1) is 13.8 Å². The van der Waals surface area contributed by atoms with Crippen LogP contribution in [0.2, 0.25) is 0 Å². The predicted octanol–water partition coefficient (Wildman–Crippen LogP) is 4.17. The molecule has 0 aliphatic heterocycles. The summed E-state index contributed by atoms with van der Waals surface area (Å²) in [5, 5.41) is 21.0.